The van der Waals surface area contributed by atoms with Crippen LogP contribution in [0.15, 0.2) is 48.8 Å². The van der Waals surface area contributed by atoms with Crippen molar-refractivity contribution in [3.8, 4) is 5.75 Å². The molecule has 0 spiro atoms. The van der Waals surface area contributed by atoms with Crippen molar-refractivity contribution < 1.29 is 14.9 Å². The van der Waals surface area contributed by atoms with Crippen molar-refractivity contribution in [2.75, 3.05) is 19.7 Å². The summed E-state index contributed by atoms with van der Waals surface area (Å²) in [4.78, 5) is 6.53. The monoisotopic (exact) mass is 370 g/mol. The molecule has 2 N–H and O–H groups in total. The molecule has 3 rings (SSSR count). The van der Waals surface area contributed by atoms with Gasteiger partial charge in [-0.05, 0) is 55.5 Å². The molecule has 1 aromatic heterocycles. The maximum Gasteiger partial charge on any atom is 0.122 e. The van der Waals surface area contributed by atoms with Gasteiger partial charge in [0.15, 0.2) is 0 Å². The minimum atomic E-state index is -0.888. The number of aryl methyl sites for hydroxylation is 1. The average Bonchev–Trinajstić information content (AvgIpc) is 2.70. The summed E-state index contributed by atoms with van der Waals surface area (Å²) in [6, 6.07) is 12.0. The lowest BCUT2D eigenvalue weighted by molar-refractivity contribution is -0.0163. The van der Waals surface area contributed by atoms with E-state index in [1.54, 1.807) is 6.20 Å². The van der Waals surface area contributed by atoms with E-state index < -0.39 is 12.2 Å². The zero-order valence-corrected chi connectivity index (χ0v) is 15.8. The number of rotatable bonds is 2. The molecule has 0 unspecified atom stereocenters. The number of para-hydroxylation sites is 1. The van der Waals surface area contributed by atoms with Crippen LogP contribution in [0.5, 0.6) is 5.75 Å². The van der Waals surface area contributed by atoms with Gasteiger partial charge in [0, 0.05) is 25.5 Å². The fourth-order valence-electron chi connectivity index (χ4n) is 3.49. The third-order valence-corrected chi connectivity index (χ3v) is 5.12. The summed E-state index contributed by atoms with van der Waals surface area (Å²) >= 11 is 0. The fourth-order valence-corrected chi connectivity index (χ4v) is 3.49. The number of aromatic nitrogens is 1. The van der Waals surface area contributed by atoms with Gasteiger partial charge in [-0.2, -0.15) is 0 Å². The van der Waals surface area contributed by atoms with E-state index in [2.05, 4.69) is 22.0 Å². The number of fused-ring (bicyclic) bond motifs is 1. The van der Waals surface area contributed by atoms with Crippen LogP contribution in [-0.4, -0.2) is 52.0 Å². The molecule has 0 saturated heterocycles. The summed E-state index contributed by atoms with van der Waals surface area (Å²) in [5, 5.41) is 20.6. The number of hydrogen-bond donors (Lipinski definition) is 2. The molecule has 27 heavy (non-hydrogen) atoms. The second-order valence-corrected chi connectivity index (χ2v) is 7.29. The van der Waals surface area contributed by atoms with Crippen LogP contribution in [0.3, 0.4) is 0 Å². The van der Waals surface area contributed by atoms with Gasteiger partial charge >= 0.3 is 0 Å². The number of ether oxygens (including phenoxy) is 1. The first-order valence-corrected chi connectivity index (χ1v) is 9.90. The molecule has 0 aliphatic carbocycles. The number of pyridine rings is 1. The number of benzene rings is 1. The Morgan fingerprint density at radius 1 is 1.00 bits per heavy atom. The third kappa shape index (κ3) is 6.31. The van der Waals surface area contributed by atoms with Crippen molar-refractivity contribution >= 4 is 0 Å². The molecule has 5 nitrogen and oxygen atoms in total. The molecule has 0 saturated carbocycles. The minimum Gasteiger partial charge on any atom is -0.491 e. The molecule has 2 heterocycles. The SMILES string of the molecule is O[C@@H]1COc2ccccc2CCCCCN(Cc2cccnc2)CC[C@@H]1O. The molecule has 146 valence electrons. The fraction of sp³-hybridized carbons (Fsp3) is 0.500. The van der Waals surface area contributed by atoms with Crippen LogP contribution in [-0.2, 0) is 13.0 Å². The second-order valence-electron chi connectivity index (χ2n) is 7.29. The Morgan fingerprint density at radius 3 is 2.74 bits per heavy atom. The first kappa shape index (κ1) is 19.8. The van der Waals surface area contributed by atoms with Gasteiger partial charge in [0.25, 0.3) is 0 Å². The molecule has 0 radical (unpaired) electrons. The molecule has 0 fully saturated rings. The Morgan fingerprint density at radius 2 is 1.89 bits per heavy atom. The molecule has 1 aliphatic rings. The van der Waals surface area contributed by atoms with Gasteiger partial charge in [0.05, 0.1) is 6.10 Å². The van der Waals surface area contributed by atoms with E-state index >= 15 is 0 Å². The van der Waals surface area contributed by atoms with Gasteiger partial charge in [0.2, 0.25) is 0 Å². The molecule has 2 aromatic rings. The maximum absolute atomic E-state index is 10.4. The third-order valence-electron chi connectivity index (χ3n) is 5.12. The Balaban J connectivity index is 1.65. The minimum absolute atomic E-state index is 0.112. The van der Waals surface area contributed by atoms with Crippen molar-refractivity contribution in [2.24, 2.45) is 0 Å². The lowest BCUT2D eigenvalue weighted by atomic mass is 10.0. The summed E-state index contributed by atoms with van der Waals surface area (Å²) in [5.74, 6) is 0.819. The molecule has 2 atom stereocenters. The summed E-state index contributed by atoms with van der Waals surface area (Å²) in [5.41, 5.74) is 2.34. The van der Waals surface area contributed by atoms with Crippen molar-refractivity contribution in [1.29, 1.82) is 0 Å². The molecular weight excluding hydrogens is 340 g/mol. The summed E-state index contributed by atoms with van der Waals surface area (Å²) in [6.45, 7) is 2.65. The van der Waals surface area contributed by atoms with Gasteiger partial charge in [-0.1, -0.05) is 30.7 Å². The molecule has 1 aromatic carbocycles. The normalized spacial score (nSPS) is 23.0. The molecule has 0 bridgehead atoms. The van der Waals surface area contributed by atoms with Crippen LogP contribution in [0.2, 0.25) is 0 Å². The summed E-state index contributed by atoms with van der Waals surface area (Å²) in [6.07, 6.45) is 6.87. The average molecular weight is 370 g/mol. The highest BCUT2D eigenvalue weighted by Gasteiger charge is 2.19. The van der Waals surface area contributed by atoms with Crippen molar-refractivity contribution in [3.05, 3.63) is 59.9 Å². The number of aliphatic hydroxyl groups excluding tert-OH is 2. The van der Waals surface area contributed by atoms with E-state index in [1.807, 2.05) is 30.5 Å². The Labute approximate surface area is 161 Å². The maximum atomic E-state index is 10.4. The van der Waals surface area contributed by atoms with E-state index in [0.717, 1.165) is 51.1 Å². The highest BCUT2D eigenvalue weighted by Crippen LogP contribution is 2.21. The van der Waals surface area contributed by atoms with Gasteiger partial charge in [0.1, 0.15) is 18.5 Å². The Hall–Kier alpha value is -1.95. The zero-order valence-electron chi connectivity index (χ0n) is 15.8. The summed E-state index contributed by atoms with van der Waals surface area (Å²) < 4.78 is 5.81. The van der Waals surface area contributed by atoms with Crippen molar-refractivity contribution in [2.45, 2.75) is 50.9 Å². The van der Waals surface area contributed by atoms with Crippen LogP contribution < -0.4 is 4.74 Å². The number of aliphatic hydroxyl groups is 2. The lowest BCUT2D eigenvalue weighted by Crippen LogP contribution is -2.36. The molecule has 5 heteroatoms. The van der Waals surface area contributed by atoms with Crippen LogP contribution in [0.4, 0.5) is 0 Å². The Kier molecular flexibility index (Phi) is 7.63. The van der Waals surface area contributed by atoms with Crippen molar-refractivity contribution in [1.82, 2.24) is 9.88 Å². The Bertz CT molecular complexity index is 680. The first-order chi connectivity index (χ1) is 13.2. The summed E-state index contributed by atoms with van der Waals surface area (Å²) in [7, 11) is 0. The predicted octanol–water partition coefficient (Wildman–Crippen LogP) is 2.80. The number of nitrogens with zero attached hydrogens (tertiary/aromatic N) is 2. The highest BCUT2D eigenvalue weighted by molar-refractivity contribution is 5.33. The lowest BCUT2D eigenvalue weighted by Gasteiger charge is -2.26. The van der Waals surface area contributed by atoms with E-state index in [0.29, 0.717) is 6.42 Å². The van der Waals surface area contributed by atoms with E-state index in [9.17, 15) is 10.2 Å². The van der Waals surface area contributed by atoms with Gasteiger partial charge in [-0.15, -0.1) is 0 Å². The smallest absolute Gasteiger partial charge is 0.122 e. The van der Waals surface area contributed by atoms with Crippen LogP contribution >= 0.6 is 0 Å². The first-order valence-electron chi connectivity index (χ1n) is 9.90. The topological polar surface area (TPSA) is 65.8 Å². The molecule has 1 aliphatic heterocycles. The number of hydrogen-bond acceptors (Lipinski definition) is 5. The van der Waals surface area contributed by atoms with Gasteiger partial charge in [-0.25, -0.2) is 0 Å². The standard InChI is InChI=1S/C22H30N2O3/c25-20-11-14-24(16-18-7-6-12-23-15-18)13-5-1-2-8-19-9-3-4-10-22(19)27-17-21(20)26/h3-4,6-7,9-10,12,15,20-21,25-26H,1-2,5,8,11,13-14,16-17H2/t20-,21+/m0/s1. The van der Waals surface area contributed by atoms with E-state index in [4.69, 9.17) is 4.74 Å². The van der Waals surface area contributed by atoms with Gasteiger partial charge < -0.3 is 14.9 Å². The van der Waals surface area contributed by atoms with E-state index in [1.165, 1.54) is 11.1 Å². The van der Waals surface area contributed by atoms with Crippen LogP contribution in [0.1, 0.15) is 36.8 Å². The largest absolute Gasteiger partial charge is 0.491 e. The quantitative estimate of drug-likeness (QED) is 0.851. The van der Waals surface area contributed by atoms with Crippen LogP contribution in [0.25, 0.3) is 0 Å². The molecular formula is C22H30N2O3. The molecule has 0 amide bonds. The predicted molar refractivity (Wildman–Crippen MR) is 106 cm³/mol. The second kappa shape index (κ2) is 10.4. The highest BCUT2D eigenvalue weighted by atomic mass is 16.5. The van der Waals surface area contributed by atoms with Gasteiger partial charge in [-0.3, -0.25) is 9.88 Å². The zero-order chi connectivity index (χ0) is 18.9. The van der Waals surface area contributed by atoms with E-state index in [-0.39, 0.29) is 6.61 Å². The van der Waals surface area contributed by atoms with Crippen molar-refractivity contribution in [3.63, 3.8) is 0 Å². The van der Waals surface area contributed by atoms with Crippen LogP contribution in [0, 0.1) is 0 Å².